The highest BCUT2D eigenvalue weighted by atomic mass is 16.6. The lowest BCUT2D eigenvalue weighted by atomic mass is 10.1. The summed E-state index contributed by atoms with van der Waals surface area (Å²) in [6, 6.07) is 6.96. The number of rotatable bonds is 4. The van der Waals surface area contributed by atoms with Crippen molar-refractivity contribution < 1.29 is 14.8 Å². The summed E-state index contributed by atoms with van der Waals surface area (Å²) in [6.45, 7) is 1.84. The zero-order chi connectivity index (χ0) is 16.3. The van der Waals surface area contributed by atoms with Gasteiger partial charge in [-0.05, 0) is 30.7 Å². The van der Waals surface area contributed by atoms with Gasteiger partial charge in [-0.2, -0.15) is 0 Å². The van der Waals surface area contributed by atoms with Gasteiger partial charge < -0.3 is 10.0 Å². The molecule has 1 aromatic heterocycles. The van der Waals surface area contributed by atoms with Crippen LogP contribution in [0.3, 0.4) is 0 Å². The summed E-state index contributed by atoms with van der Waals surface area (Å²) < 4.78 is 0. The number of nitro groups is 1. The SMILES string of the molecule is CC(c1cccnc1)N(C)C(=O)c1ccc(O)c([N+](=O)[O-])c1. The molecule has 0 fully saturated rings. The van der Waals surface area contributed by atoms with Gasteiger partial charge in [-0.25, -0.2) is 0 Å². The molecule has 0 aliphatic rings. The van der Waals surface area contributed by atoms with Crippen LogP contribution in [-0.2, 0) is 0 Å². The third kappa shape index (κ3) is 3.03. The number of phenols is 1. The predicted octanol–water partition coefficient (Wildman–Crippen LogP) is 2.53. The first-order valence-corrected chi connectivity index (χ1v) is 6.56. The number of amides is 1. The van der Waals surface area contributed by atoms with E-state index in [0.717, 1.165) is 17.7 Å². The molecule has 2 aromatic rings. The Hall–Kier alpha value is -2.96. The third-order valence-corrected chi connectivity index (χ3v) is 3.49. The average molecular weight is 301 g/mol. The molecule has 0 saturated heterocycles. The van der Waals surface area contributed by atoms with Crippen molar-refractivity contribution in [2.75, 3.05) is 7.05 Å². The van der Waals surface area contributed by atoms with E-state index >= 15 is 0 Å². The topological polar surface area (TPSA) is 96.6 Å². The number of carbonyl (C=O) groups is 1. The van der Waals surface area contributed by atoms with E-state index in [2.05, 4.69) is 4.98 Å². The molecule has 22 heavy (non-hydrogen) atoms. The molecule has 1 aromatic carbocycles. The Morgan fingerprint density at radius 2 is 2.14 bits per heavy atom. The molecule has 1 atom stereocenters. The maximum Gasteiger partial charge on any atom is 0.311 e. The van der Waals surface area contributed by atoms with Gasteiger partial charge in [-0.15, -0.1) is 0 Å². The van der Waals surface area contributed by atoms with Crippen LogP contribution in [0.5, 0.6) is 5.75 Å². The van der Waals surface area contributed by atoms with Gasteiger partial charge >= 0.3 is 5.69 Å². The molecule has 7 heteroatoms. The lowest BCUT2D eigenvalue weighted by Crippen LogP contribution is -2.29. The van der Waals surface area contributed by atoms with Crippen molar-refractivity contribution in [2.45, 2.75) is 13.0 Å². The Bertz CT molecular complexity index is 703. The Labute approximate surface area is 127 Å². The second-order valence-corrected chi connectivity index (χ2v) is 4.84. The lowest BCUT2D eigenvalue weighted by Gasteiger charge is -2.25. The second kappa shape index (κ2) is 6.21. The van der Waals surface area contributed by atoms with Crippen molar-refractivity contribution in [1.29, 1.82) is 0 Å². The fourth-order valence-electron chi connectivity index (χ4n) is 2.03. The van der Waals surface area contributed by atoms with Crippen molar-refractivity contribution >= 4 is 11.6 Å². The highest BCUT2D eigenvalue weighted by molar-refractivity contribution is 5.95. The number of pyridine rings is 1. The summed E-state index contributed by atoms with van der Waals surface area (Å²) >= 11 is 0. The zero-order valence-electron chi connectivity index (χ0n) is 12.1. The summed E-state index contributed by atoms with van der Waals surface area (Å²) in [5.41, 5.74) is 0.502. The van der Waals surface area contributed by atoms with E-state index in [1.54, 1.807) is 25.5 Å². The highest BCUT2D eigenvalue weighted by Crippen LogP contribution is 2.28. The predicted molar refractivity (Wildman–Crippen MR) is 79.5 cm³/mol. The first-order chi connectivity index (χ1) is 10.4. The first-order valence-electron chi connectivity index (χ1n) is 6.56. The number of nitrogens with zero attached hydrogens (tertiary/aromatic N) is 3. The molecule has 0 bridgehead atoms. The van der Waals surface area contributed by atoms with Gasteiger partial charge in [-0.3, -0.25) is 19.9 Å². The number of aromatic nitrogens is 1. The molecule has 0 aliphatic heterocycles. The summed E-state index contributed by atoms with van der Waals surface area (Å²) in [7, 11) is 1.61. The Morgan fingerprint density at radius 3 is 2.73 bits per heavy atom. The second-order valence-electron chi connectivity index (χ2n) is 4.84. The number of aromatic hydroxyl groups is 1. The molecule has 1 unspecified atom stereocenters. The minimum absolute atomic E-state index is 0.141. The van der Waals surface area contributed by atoms with Crippen LogP contribution in [0.1, 0.15) is 28.9 Å². The van der Waals surface area contributed by atoms with Crippen LogP contribution in [0.25, 0.3) is 0 Å². The van der Waals surface area contributed by atoms with Crippen molar-refractivity contribution in [3.05, 3.63) is 64.0 Å². The number of benzene rings is 1. The van der Waals surface area contributed by atoms with E-state index in [-0.39, 0.29) is 17.5 Å². The van der Waals surface area contributed by atoms with Gasteiger partial charge in [0.1, 0.15) is 0 Å². The van der Waals surface area contributed by atoms with Gasteiger partial charge in [0.15, 0.2) is 5.75 Å². The van der Waals surface area contributed by atoms with E-state index in [1.807, 2.05) is 13.0 Å². The minimum atomic E-state index is -0.726. The Morgan fingerprint density at radius 1 is 1.41 bits per heavy atom. The lowest BCUT2D eigenvalue weighted by molar-refractivity contribution is -0.385. The third-order valence-electron chi connectivity index (χ3n) is 3.49. The van der Waals surface area contributed by atoms with Crippen LogP contribution in [-0.4, -0.2) is 32.9 Å². The van der Waals surface area contributed by atoms with E-state index in [4.69, 9.17) is 0 Å². The molecule has 114 valence electrons. The van der Waals surface area contributed by atoms with Crippen LogP contribution in [0.2, 0.25) is 0 Å². The van der Waals surface area contributed by atoms with Crippen LogP contribution in [0, 0.1) is 10.1 Å². The molecule has 0 aliphatic carbocycles. The van der Waals surface area contributed by atoms with E-state index in [1.165, 1.54) is 11.0 Å². The van der Waals surface area contributed by atoms with Gasteiger partial charge in [0.05, 0.1) is 11.0 Å². The molecule has 0 spiro atoms. The largest absolute Gasteiger partial charge is 0.502 e. The monoisotopic (exact) mass is 301 g/mol. The summed E-state index contributed by atoms with van der Waals surface area (Å²) in [6.07, 6.45) is 3.30. The molecule has 1 heterocycles. The normalized spacial score (nSPS) is 11.7. The highest BCUT2D eigenvalue weighted by Gasteiger charge is 2.22. The fraction of sp³-hybridized carbons (Fsp3) is 0.200. The van der Waals surface area contributed by atoms with Crippen molar-refractivity contribution in [3.63, 3.8) is 0 Å². The quantitative estimate of drug-likeness (QED) is 0.691. The van der Waals surface area contributed by atoms with Crippen molar-refractivity contribution in [3.8, 4) is 5.75 Å². The minimum Gasteiger partial charge on any atom is -0.502 e. The maximum atomic E-state index is 12.4. The van der Waals surface area contributed by atoms with Crippen molar-refractivity contribution in [1.82, 2.24) is 9.88 Å². The standard InChI is InChI=1S/C15H15N3O4/c1-10(12-4-3-7-16-9-12)17(2)15(20)11-5-6-14(19)13(8-11)18(21)22/h3-10,19H,1-2H3. The smallest absolute Gasteiger partial charge is 0.311 e. The number of hydrogen-bond acceptors (Lipinski definition) is 5. The Kier molecular flexibility index (Phi) is 4.36. The van der Waals surface area contributed by atoms with Crippen LogP contribution < -0.4 is 0 Å². The Balaban J connectivity index is 2.28. The van der Waals surface area contributed by atoms with Crippen LogP contribution in [0.4, 0.5) is 5.69 Å². The molecule has 1 N–H and O–H groups in total. The first kappa shape index (κ1) is 15.4. The number of hydrogen-bond donors (Lipinski definition) is 1. The van der Waals surface area contributed by atoms with Gasteiger partial charge in [0, 0.05) is 31.1 Å². The van der Waals surface area contributed by atoms with Crippen LogP contribution >= 0.6 is 0 Å². The van der Waals surface area contributed by atoms with Gasteiger partial charge in [-0.1, -0.05) is 6.07 Å². The van der Waals surface area contributed by atoms with Crippen molar-refractivity contribution in [2.24, 2.45) is 0 Å². The fourth-order valence-corrected chi connectivity index (χ4v) is 2.03. The summed E-state index contributed by atoms with van der Waals surface area (Å²) in [5.74, 6) is -0.844. The number of nitro benzene ring substituents is 1. The number of phenolic OH excluding ortho intramolecular Hbond substituents is 1. The van der Waals surface area contributed by atoms with Crippen LogP contribution in [0.15, 0.2) is 42.7 Å². The molecular formula is C15H15N3O4. The summed E-state index contributed by atoms with van der Waals surface area (Å²) in [5, 5.41) is 20.3. The molecule has 2 rings (SSSR count). The molecular weight excluding hydrogens is 286 g/mol. The van der Waals surface area contributed by atoms with E-state index < -0.39 is 16.4 Å². The van der Waals surface area contributed by atoms with E-state index in [9.17, 15) is 20.0 Å². The number of carbonyl (C=O) groups excluding carboxylic acids is 1. The maximum absolute atomic E-state index is 12.4. The molecule has 7 nitrogen and oxygen atoms in total. The average Bonchev–Trinajstić information content (AvgIpc) is 2.53. The van der Waals surface area contributed by atoms with E-state index in [0.29, 0.717) is 0 Å². The van der Waals surface area contributed by atoms with Gasteiger partial charge in [0.2, 0.25) is 0 Å². The molecule has 1 amide bonds. The zero-order valence-corrected chi connectivity index (χ0v) is 12.1. The van der Waals surface area contributed by atoms with Gasteiger partial charge in [0.25, 0.3) is 5.91 Å². The molecule has 0 saturated carbocycles. The molecule has 0 radical (unpaired) electrons. The summed E-state index contributed by atoms with van der Waals surface area (Å²) in [4.78, 5) is 28.0.